The third kappa shape index (κ3) is 2.30. The second-order valence-electron chi connectivity index (χ2n) is 5.81. The number of anilines is 1. The minimum Gasteiger partial charge on any atom is -0.362 e. The maximum atomic E-state index is 4.84. The van der Waals surface area contributed by atoms with E-state index >= 15 is 0 Å². The summed E-state index contributed by atoms with van der Waals surface area (Å²) in [5, 5.41) is 3.45. The Morgan fingerprint density at radius 3 is 2.22 bits per heavy atom. The topological polar surface area (TPSA) is 29.0 Å². The van der Waals surface area contributed by atoms with Crippen molar-refractivity contribution in [2.45, 2.75) is 0 Å². The summed E-state index contributed by atoms with van der Waals surface area (Å²) in [7, 11) is 4.03. The average molecular weight is 299 g/mol. The van der Waals surface area contributed by atoms with Crippen LogP contribution in [-0.4, -0.2) is 24.1 Å². The molecule has 0 radical (unpaired) electrons. The van der Waals surface area contributed by atoms with E-state index in [1.165, 1.54) is 10.8 Å². The van der Waals surface area contributed by atoms with Crippen molar-refractivity contribution in [3.63, 3.8) is 0 Å². The van der Waals surface area contributed by atoms with Gasteiger partial charge in [-0.05, 0) is 22.9 Å². The highest BCUT2D eigenvalue weighted by atomic mass is 15.2. The van der Waals surface area contributed by atoms with Gasteiger partial charge in [0.05, 0.1) is 5.52 Å². The molecule has 0 saturated carbocycles. The molecule has 0 spiro atoms. The standard InChI is InChI=1S/C20H17N3/c1-23(2)20-17-11-5-6-13-18(17)21-19(22-20)16-12-7-9-14-8-3-4-10-15(14)16/h3-13H,1-2H3. The summed E-state index contributed by atoms with van der Waals surface area (Å²) < 4.78 is 0. The minimum absolute atomic E-state index is 0.768. The number of nitrogens with zero attached hydrogens (tertiary/aromatic N) is 3. The van der Waals surface area contributed by atoms with Gasteiger partial charge in [-0.2, -0.15) is 0 Å². The Bertz CT molecular complexity index is 1000. The van der Waals surface area contributed by atoms with Crippen LogP contribution >= 0.6 is 0 Å². The highest BCUT2D eigenvalue weighted by molar-refractivity contribution is 5.97. The molecular weight excluding hydrogens is 282 g/mol. The Balaban J connectivity index is 2.05. The third-order valence-corrected chi connectivity index (χ3v) is 4.04. The third-order valence-electron chi connectivity index (χ3n) is 4.04. The molecule has 0 atom stereocenters. The molecule has 4 aromatic rings. The van der Waals surface area contributed by atoms with Gasteiger partial charge in [0.15, 0.2) is 5.82 Å². The molecule has 0 saturated heterocycles. The Hall–Kier alpha value is -2.94. The lowest BCUT2D eigenvalue weighted by molar-refractivity contribution is 1.07. The molecule has 0 fully saturated rings. The van der Waals surface area contributed by atoms with Crippen LogP contribution < -0.4 is 4.90 Å². The van der Waals surface area contributed by atoms with Gasteiger partial charge in [-0.25, -0.2) is 9.97 Å². The molecule has 0 unspecified atom stereocenters. The van der Waals surface area contributed by atoms with Crippen LogP contribution in [0.4, 0.5) is 5.82 Å². The summed E-state index contributed by atoms with van der Waals surface area (Å²) in [6.45, 7) is 0. The monoisotopic (exact) mass is 299 g/mol. The summed E-state index contributed by atoms with van der Waals surface area (Å²) in [5.41, 5.74) is 2.03. The maximum absolute atomic E-state index is 4.84. The molecule has 4 rings (SSSR count). The van der Waals surface area contributed by atoms with Crippen molar-refractivity contribution in [1.82, 2.24) is 9.97 Å². The van der Waals surface area contributed by atoms with Crippen molar-refractivity contribution in [2.24, 2.45) is 0 Å². The fraction of sp³-hybridized carbons (Fsp3) is 0.100. The predicted molar refractivity (Wildman–Crippen MR) is 96.8 cm³/mol. The van der Waals surface area contributed by atoms with Gasteiger partial charge in [0.2, 0.25) is 0 Å². The first kappa shape index (κ1) is 13.7. The summed E-state index contributed by atoms with van der Waals surface area (Å²) in [5.74, 6) is 1.71. The largest absolute Gasteiger partial charge is 0.362 e. The van der Waals surface area contributed by atoms with Crippen molar-refractivity contribution < 1.29 is 0 Å². The number of para-hydroxylation sites is 1. The van der Waals surface area contributed by atoms with E-state index in [9.17, 15) is 0 Å². The Kier molecular flexibility index (Phi) is 3.19. The Morgan fingerprint density at radius 1 is 0.696 bits per heavy atom. The predicted octanol–water partition coefficient (Wildman–Crippen LogP) is 4.52. The lowest BCUT2D eigenvalue weighted by Gasteiger charge is -2.16. The van der Waals surface area contributed by atoms with Crippen LogP contribution in [0.2, 0.25) is 0 Å². The van der Waals surface area contributed by atoms with Crippen molar-refractivity contribution in [2.75, 3.05) is 19.0 Å². The molecule has 1 heterocycles. The molecule has 3 heteroatoms. The first-order valence-electron chi connectivity index (χ1n) is 7.66. The van der Waals surface area contributed by atoms with E-state index < -0.39 is 0 Å². The quantitative estimate of drug-likeness (QED) is 0.545. The Morgan fingerprint density at radius 2 is 1.39 bits per heavy atom. The normalized spacial score (nSPS) is 11.0. The van der Waals surface area contributed by atoms with Crippen molar-refractivity contribution in [3.05, 3.63) is 66.7 Å². The van der Waals surface area contributed by atoms with Crippen LogP contribution in [0.15, 0.2) is 66.7 Å². The number of benzene rings is 3. The molecule has 3 nitrogen and oxygen atoms in total. The zero-order chi connectivity index (χ0) is 15.8. The summed E-state index contributed by atoms with van der Waals surface area (Å²) in [4.78, 5) is 11.7. The lowest BCUT2D eigenvalue weighted by Crippen LogP contribution is -2.12. The number of fused-ring (bicyclic) bond motifs is 2. The summed E-state index contributed by atoms with van der Waals surface area (Å²) in [6.07, 6.45) is 0. The number of hydrogen-bond acceptors (Lipinski definition) is 3. The number of hydrogen-bond donors (Lipinski definition) is 0. The van der Waals surface area contributed by atoms with Crippen molar-refractivity contribution in [3.8, 4) is 11.4 Å². The van der Waals surface area contributed by atoms with Crippen molar-refractivity contribution in [1.29, 1.82) is 0 Å². The zero-order valence-corrected chi connectivity index (χ0v) is 13.2. The summed E-state index contributed by atoms with van der Waals surface area (Å²) in [6, 6.07) is 22.8. The maximum Gasteiger partial charge on any atom is 0.162 e. The first-order valence-corrected chi connectivity index (χ1v) is 7.66. The second-order valence-corrected chi connectivity index (χ2v) is 5.81. The molecular formula is C20H17N3. The molecule has 1 aromatic heterocycles. The van der Waals surface area contributed by atoms with Gasteiger partial charge in [-0.3, -0.25) is 0 Å². The van der Waals surface area contributed by atoms with Crippen molar-refractivity contribution >= 4 is 27.5 Å². The fourth-order valence-corrected chi connectivity index (χ4v) is 2.94. The van der Waals surface area contributed by atoms with E-state index in [-0.39, 0.29) is 0 Å². The first-order chi connectivity index (χ1) is 11.2. The van der Waals surface area contributed by atoms with E-state index in [2.05, 4.69) is 48.5 Å². The van der Waals surface area contributed by atoms with Crippen LogP contribution in [0.3, 0.4) is 0 Å². The smallest absolute Gasteiger partial charge is 0.162 e. The molecule has 112 valence electrons. The van der Waals surface area contributed by atoms with Gasteiger partial charge in [0.25, 0.3) is 0 Å². The number of aromatic nitrogens is 2. The zero-order valence-electron chi connectivity index (χ0n) is 13.2. The molecule has 0 aliphatic rings. The van der Waals surface area contributed by atoms with Crippen LogP contribution in [0.5, 0.6) is 0 Å². The molecule has 0 N–H and O–H groups in total. The molecule has 3 aromatic carbocycles. The second kappa shape index (κ2) is 5.36. The van der Waals surface area contributed by atoms with Crippen LogP contribution in [0.25, 0.3) is 33.1 Å². The number of rotatable bonds is 2. The molecule has 0 aliphatic heterocycles. The highest BCUT2D eigenvalue weighted by Gasteiger charge is 2.12. The highest BCUT2D eigenvalue weighted by Crippen LogP contribution is 2.30. The van der Waals surface area contributed by atoms with E-state index in [4.69, 9.17) is 9.97 Å². The molecule has 0 amide bonds. The van der Waals surface area contributed by atoms with E-state index in [0.717, 1.165) is 28.1 Å². The van der Waals surface area contributed by atoms with Gasteiger partial charge in [-0.1, -0.05) is 54.6 Å². The van der Waals surface area contributed by atoms with Gasteiger partial charge >= 0.3 is 0 Å². The molecule has 23 heavy (non-hydrogen) atoms. The van der Waals surface area contributed by atoms with Crippen LogP contribution in [-0.2, 0) is 0 Å². The summed E-state index contributed by atoms with van der Waals surface area (Å²) >= 11 is 0. The lowest BCUT2D eigenvalue weighted by atomic mass is 10.0. The average Bonchev–Trinajstić information content (AvgIpc) is 2.60. The van der Waals surface area contributed by atoms with Gasteiger partial charge in [-0.15, -0.1) is 0 Å². The van der Waals surface area contributed by atoms with Gasteiger partial charge in [0, 0.05) is 25.0 Å². The van der Waals surface area contributed by atoms with Gasteiger partial charge in [0.1, 0.15) is 5.82 Å². The van der Waals surface area contributed by atoms with E-state index in [0.29, 0.717) is 0 Å². The molecule has 0 aliphatic carbocycles. The minimum atomic E-state index is 0.768. The van der Waals surface area contributed by atoms with Crippen LogP contribution in [0.1, 0.15) is 0 Å². The van der Waals surface area contributed by atoms with Crippen LogP contribution in [0, 0.1) is 0 Å². The van der Waals surface area contributed by atoms with Gasteiger partial charge < -0.3 is 4.90 Å². The molecule has 0 bridgehead atoms. The van der Waals surface area contributed by atoms with E-state index in [1.807, 2.05) is 37.2 Å². The fourth-order valence-electron chi connectivity index (χ4n) is 2.94. The SMILES string of the molecule is CN(C)c1nc(-c2cccc3ccccc23)nc2ccccc12. The van der Waals surface area contributed by atoms with E-state index in [1.54, 1.807) is 0 Å². The Labute approximate surface area is 135 Å².